The Balaban J connectivity index is 1.94. The molecule has 0 aromatic heterocycles. The highest BCUT2D eigenvalue weighted by Gasteiger charge is 2.28. The second-order valence-corrected chi connectivity index (χ2v) is 7.43. The second kappa shape index (κ2) is 5.91. The van der Waals surface area contributed by atoms with Gasteiger partial charge in [0.2, 0.25) is 0 Å². The molecule has 1 aromatic rings. The average molecular weight is 306 g/mol. The minimum absolute atomic E-state index is 0.123. The molecule has 1 aromatic carbocycles. The zero-order chi connectivity index (χ0) is 13.2. The largest absolute Gasteiger partial charge is 0.506 e. The van der Waals surface area contributed by atoms with Crippen molar-refractivity contribution in [2.75, 3.05) is 12.3 Å². The molecule has 1 saturated heterocycles. The van der Waals surface area contributed by atoms with Crippen LogP contribution in [0.3, 0.4) is 0 Å². The first-order chi connectivity index (χ1) is 8.50. The molecule has 1 heterocycles. The molecular formula is C13H17Cl2NOS. The maximum Gasteiger partial charge on any atom is 0.138 e. The summed E-state index contributed by atoms with van der Waals surface area (Å²) in [7, 11) is 0. The molecule has 0 bridgehead atoms. The molecule has 0 amide bonds. The van der Waals surface area contributed by atoms with Crippen molar-refractivity contribution in [2.45, 2.75) is 31.1 Å². The fourth-order valence-corrected chi connectivity index (χ4v) is 4.00. The lowest BCUT2D eigenvalue weighted by molar-refractivity contribution is 0.461. The average Bonchev–Trinajstić information content (AvgIpc) is 2.72. The fraction of sp³-hybridized carbons (Fsp3) is 0.538. The van der Waals surface area contributed by atoms with Crippen LogP contribution in [0.2, 0.25) is 10.0 Å². The molecule has 0 saturated carbocycles. The number of nitrogens with one attached hydrogen (secondary N) is 1. The van der Waals surface area contributed by atoms with Gasteiger partial charge in [0, 0.05) is 28.4 Å². The van der Waals surface area contributed by atoms with Gasteiger partial charge in [-0.25, -0.2) is 0 Å². The van der Waals surface area contributed by atoms with Crippen molar-refractivity contribution in [3.63, 3.8) is 0 Å². The Kier molecular flexibility index (Phi) is 4.70. The lowest BCUT2D eigenvalue weighted by atomic mass is 10.1. The molecule has 100 valence electrons. The molecule has 0 aliphatic carbocycles. The Morgan fingerprint density at radius 1 is 1.44 bits per heavy atom. The van der Waals surface area contributed by atoms with Crippen LogP contribution in [0.1, 0.15) is 25.3 Å². The summed E-state index contributed by atoms with van der Waals surface area (Å²) in [5.74, 6) is 1.37. The number of hydrogen-bond acceptors (Lipinski definition) is 3. The van der Waals surface area contributed by atoms with Crippen LogP contribution in [0.15, 0.2) is 12.1 Å². The monoisotopic (exact) mass is 305 g/mol. The SMILES string of the molecule is CC1(CNCc2cc(Cl)cc(Cl)c2O)CCCS1. The van der Waals surface area contributed by atoms with Crippen molar-refractivity contribution in [3.8, 4) is 5.75 Å². The summed E-state index contributed by atoms with van der Waals surface area (Å²) in [6.45, 7) is 3.80. The smallest absolute Gasteiger partial charge is 0.138 e. The quantitative estimate of drug-likeness (QED) is 0.879. The molecule has 2 nitrogen and oxygen atoms in total. The van der Waals surface area contributed by atoms with Crippen molar-refractivity contribution < 1.29 is 5.11 Å². The van der Waals surface area contributed by atoms with Crippen LogP contribution < -0.4 is 5.32 Å². The minimum atomic E-state index is 0.123. The van der Waals surface area contributed by atoms with Gasteiger partial charge < -0.3 is 10.4 Å². The van der Waals surface area contributed by atoms with Crippen LogP contribution in [0, 0.1) is 0 Å². The summed E-state index contributed by atoms with van der Waals surface area (Å²) >= 11 is 13.8. The lowest BCUT2D eigenvalue weighted by Gasteiger charge is -2.23. The van der Waals surface area contributed by atoms with Crippen LogP contribution >= 0.6 is 35.0 Å². The second-order valence-electron chi connectivity index (χ2n) is 4.90. The maximum atomic E-state index is 9.84. The highest BCUT2D eigenvalue weighted by atomic mass is 35.5. The summed E-state index contributed by atoms with van der Waals surface area (Å²) in [4.78, 5) is 0. The molecule has 1 atom stereocenters. The summed E-state index contributed by atoms with van der Waals surface area (Å²) < 4.78 is 0.317. The van der Waals surface area contributed by atoms with E-state index < -0.39 is 0 Å². The van der Waals surface area contributed by atoms with Gasteiger partial charge in [0.25, 0.3) is 0 Å². The van der Waals surface area contributed by atoms with E-state index in [1.807, 2.05) is 11.8 Å². The third-order valence-corrected chi connectivity index (χ3v) is 5.27. The van der Waals surface area contributed by atoms with E-state index in [9.17, 15) is 5.11 Å². The Labute approximate surface area is 122 Å². The molecule has 1 aliphatic rings. The van der Waals surface area contributed by atoms with E-state index in [2.05, 4.69) is 12.2 Å². The van der Waals surface area contributed by atoms with Gasteiger partial charge in [0.05, 0.1) is 5.02 Å². The molecule has 2 N–H and O–H groups in total. The van der Waals surface area contributed by atoms with Crippen molar-refractivity contribution in [2.24, 2.45) is 0 Å². The van der Waals surface area contributed by atoms with Crippen LogP contribution in [0.4, 0.5) is 0 Å². The van der Waals surface area contributed by atoms with E-state index >= 15 is 0 Å². The van der Waals surface area contributed by atoms with Crippen LogP contribution in [-0.2, 0) is 6.54 Å². The third kappa shape index (κ3) is 3.47. The van der Waals surface area contributed by atoms with E-state index in [0.717, 1.165) is 12.1 Å². The predicted molar refractivity (Wildman–Crippen MR) is 79.9 cm³/mol. The standard InChI is InChI=1S/C13H17Cl2NOS/c1-13(3-2-4-18-13)8-16-7-9-5-10(14)6-11(15)12(9)17/h5-6,16-17H,2-4,7-8H2,1H3. The van der Waals surface area contributed by atoms with Gasteiger partial charge in [-0.3, -0.25) is 0 Å². The summed E-state index contributed by atoms with van der Waals surface area (Å²) in [5, 5.41) is 14.1. The number of benzene rings is 1. The van der Waals surface area contributed by atoms with Gasteiger partial charge in [-0.2, -0.15) is 11.8 Å². The number of rotatable bonds is 4. The first-order valence-corrected chi connectivity index (χ1v) is 7.76. The molecule has 5 heteroatoms. The predicted octanol–water partition coefficient (Wildman–Crippen LogP) is 4.07. The lowest BCUT2D eigenvalue weighted by Crippen LogP contribution is -2.32. The number of aromatic hydroxyl groups is 1. The molecule has 0 radical (unpaired) electrons. The molecule has 1 unspecified atom stereocenters. The number of phenolic OH excluding ortho intramolecular Hbond substituents is 1. The first kappa shape index (κ1) is 14.3. The van der Waals surface area contributed by atoms with Gasteiger partial charge in [-0.15, -0.1) is 0 Å². The van der Waals surface area contributed by atoms with Crippen molar-refractivity contribution in [1.82, 2.24) is 5.32 Å². The van der Waals surface area contributed by atoms with Gasteiger partial charge >= 0.3 is 0 Å². The van der Waals surface area contributed by atoms with Gasteiger partial charge in [0.15, 0.2) is 0 Å². The zero-order valence-electron chi connectivity index (χ0n) is 10.3. The van der Waals surface area contributed by atoms with Crippen LogP contribution in [0.25, 0.3) is 0 Å². The zero-order valence-corrected chi connectivity index (χ0v) is 12.6. The normalized spacial score (nSPS) is 23.5. The number of hydrogen-bond donors (Lipinski definition) is 2. The molecular weight excluding hydrogens is 289 g/mol. The van der Waals surface area contributed by atoms with Gasteiger partial charge in [0.1, 0.15) is 5.75 Å². The third-order valence-electron chi connectivity index (χ3n) is 3.22. The number of phenols is 1. The van der Waals surface area contributed by atoms with E-state index in [0.29, 0.717) is 21.3 Å². The maximum absolute atomic E-state index is 9.84. The van der Waals surface area contributed by atoms with Gasteiger partial charge in [-0.05, 0) is 37.7 Å². The highest BCUT2D eigenvalue weighted by molar-refractivity contribution is 8.00. The Bertz CT molecular complexity index is 433. The number of halogens is 2. The molecule has 1 fully saturated rings. The Morgan fingerprint density at radius 3 is 2.89 bits per heavy atom. The van der Waals surface area contributed by atoms with E-state index in [-0.39, 0.29) is 5.75 Å². The van der Waals surface area contributed by atoms with Crippen molar-refractivity contribution in [1.29, 1.82) is 0 Å². The fourth-order valence-electron chi connectivity index (χ4n) is 2.19. The molecule has 2 rings (SSSR count). The van der Waals surface area contributed by atoms with Crippen molar-refractivity contribution >= 4 is 35.0 Å². The van der Waals surface area contributed by atoms with Crippen LogP contribution in [0.5, 0.6) is 5.75 Å². The van der Waals surface area contributed by atoms with Gasteiger partial charge in [-0.1, -0.05) is 23.2 Å². The Morgan fingerprint density at radius 2 is 2.22 bits per heavy atom. The number of thioether (sulfide) groups is 1. The summed E-state index contributed by atoms with van der Waals surface area (Å²) in [6, 6.07) is 3.30. The molecule has 18 heavy (non-hydrogen) atoms. The molecule has 0 spiro atoms. The topological polar surface area (TPSA) is 32.3 Å². The highest BCUT2D eigenvalue weighted by Crippen LogP contribution is 2.37. The summed E-state index contributed by atoms with van der Waals surface area (Å²) in [6.07, 6.45) is 2.53. The summed E-state index contributed by atoms with van der Waals surface area (Å²) in [5.41, 5.74) is 0.749. The van der Waals surface area contributed by atoms with Crippen molar-refractivity contribution in [3.05, 3.63) is 27.7 Å². The first-order valence-electron chi connectivity index (χ1n) is 6.02. The Hall–Kier alpha value is -0.0900. The van der Waals surface area contributed by atoms with E-state index in [1.54, 1.807) is 12.1 Å². The van der Waals surface area contributed by atoms with Crippen LogP contribution in [-0.4, -0.2) is 22.2 Å². The molecule has 1 aliphatic heterocycles. The van der Waals surface area contributed by atoms with E-state index in [4.69, 9.17) is 23.2 Å². The minimum Gasteiger partial charge on any atom is -0.506 e. The van der Waals surface area contributed by atoms with E-state index in [1.165, 1.54) is 18.6 Å².